The summed E-state index contributed by atoms with van der Waals surface area (Å²) in [4.78, 5) is 5.67. The summed E-state index contributed by atoms with van der Waals surface area (Å²) in [6.45, 7) is 4.14. The van der Waals surface area contributed by atoms with E-state index >= 15 is 0 Å². The number of hydrogen-bond acceptors (Lipinski definition) is 7. The van der Waals surface area contributed by atoms with Gasteiger partial charge in [0.25, 0.3) is 0 Å². The van der Waals surface area contributed by atoms with E-state index in [9.17, 15) is 9.67 Å². The van der Waals surface area contributed by atoms with Crippen molar-refractivity contribution in [2.24, 2.45) is 5.92 Å². The van der Waals surface area contributed by atoms with Crippen LogP contribution in [0.4, 0.5) is 0 Å². The first kappa shape index (κ1) is 19.1. The molecular weight excluding hydrogens is 385 g/mol. The van der Waals surface area contributed by atoms with Crippen LogP contribution in [-0.4, -0.2) is 29.7 Å². The van der Waals surface area contributed by atoms with Crippen LogP contribution in [-0.2, 0) is 20.0 Å². The maximum absolute atomic E-state index is 12.7. The summed E-state index contributed by atoms with van der Waals surface area (Å²) in [6.07, 6.45) is 2.30. The van der Waals surface area contributed by atoms with Crippen molar-refractivity contribution in [3.63, 3.8) is 0 Å². The number of aliphatic hydroxyl groups is 1. The van der Waals surface area contributed by atoms with Gasteiger partial charge in [0.05, 0.1) is 30.5 Å². The molecule has 6 nitrogen and oxygen atoms in total. The topological polar surface area (TPSA) is 77.9 Å². The lowest BCUT2D eigenvalue weighted by Gasteiger charge is -2.20. The van der Waals surface area contributed by atoms with E-state index < -0.39 is 13.7 Å². The maximum atomic E-state index is 12.7. The molecule has 8 heteroatoms. The predicted octanol–water partition coefficient (Wildman–Crippen LogP) is 4.76. The van der Waals surface area contributed by atoms with Crippen molar-refractivity contribution < 1.29 is 23.5 Å². The second-order valence-electron chi connectivity index (χ2n) is 6.81. The second kappa shape index (κ2) is 7.64. The minimum atomic E-state index is -3.31. The number of ether oxygens (including phenoxy) is 1. The minimum absolute atomic E-state index is 0.148. The molecule has 0 aliphatic heterocycles. The highest BCUT2D eigenvalue weighted by atomic mass is 32.1. The lowest BCUT2D eigenvalue weighted by molar-refractivity contribution is 0.153. The molecular formula is C19H24NO5PS. The number of hydrogen-bond donors (Lipinski definition) is 1. The Kier molecular flexibility index (Phi) is 5.41. The van der Waals surface area contributed by atoms with Crippen molar-refractivity contribution in [1.82, 2.24) is 4.98 Å². The number of nitrogens with zero attached hydrogens (tertiary/aromatic N) is 1. The van der Waals surface area contributed by atoms with Crippen molar-refractivity contribution >= 4 is 18.9 Å². The monoisotopic (exact) mass is 409 g/mol. The van der Waals surface area contributed by atoms with Gasteiger partial charge in [0.2, 0.25) is 0 Å². The highest BCUT2D eigenvalue weighted by Crippen LogP contribution is 2.52. The molecule has 0 amide bonds. The fourth-order valence-corrected chi connectivity index (χ4v) is 5.66. The molecule has 0 bridgehead atoms. The van der Waals surface area contributed by atoms with Gasteiger partial charge in [-0.15, -0.1) is 11.3 Å². The number of thiazole rings is 1. The highest BCUT2D eigenvalue weighted by molar-refractivity contribution is 7.53. The summed E-state index contributed by atoms with van der Waals surface area (Å²) in [7, 11) is -3.31. The van der Waals surface area contributed by atoms with Crippen molar-refractivity contribution in [2.75, 3.05) is 19.6 Å². The minimum Gasteiger partial charge on any atom is -0.480 e. The molecule has 0 spiro atoms. The molecule has 1 saturated carbocycles. The molecule has 0 saturated heterocycles. The first-order valence-corrected chi connectivity index (χ1v) is 11.9. The Morgan fingerprint density at radius 3 is 2.70 bits per heavy atom. The molecule has 1 unspecified atom stereocenters. The molecule has 1 fully saturated rings. The van der Waals surface area contributed by atoms with Gasteiger partial charge in [-0.1, -0.05) is 6.07 Å². The maximum Gasteiger partial charge on any atom is 0.367 e. The van der Waals surface area contributed by atoms with E-state index in [0.29, 0.717) is 24.9 Å². The zero-order valence-electron chi connectivity index (χ0n) is 15.5. The predicted molar refractivity (Wildman–Crippen MR) is 104 cm³/mol. The zero-order valence-corrected chi connectivity index (χ0v) is 17.2. The second-order valence-corrected chi connectivity index (χ2v) is 9.75. The van der Waals surface area contributed by atoms with Crippen LogP contribution in [0.2, 0.25) is 0 Å². The third-order valence-electron chi connectivity index (χ3n) is 4.94. The lowest BCUT2D eigenvalue weighted by atomic mass is 9.95. The Morgan fingerprint density at radius 2 is 2.04 bits per heavy atom. The third kappa shape index (κ3) is 3.71. The average molecular weight is 409 g/mol. The van der Waals surface area contributed by atoms with Crippen LogP contribution in [0.1, 0.15) is 48.8 Å². The average Bonchev–Trinajstić information content (AvgIpc) is 3.28. The van der Waals surface area contributed by atoms with Crippen LogP contribution < -0.4 is 4.74 Å². The van der Waals surface area contributed by atoms with Crippen molar-refractivity contribution in [3.8, 4) is 17.0 Å². The van der Waals surface area contributed by atoms with Crippen LogP contribution in [0, 0.1) is 5.92 Å². The number of aromatic nitrogens is 1. The molecule has 4 rings (SSSR count). The van der Waals surface area contributed by atoms with Crippen LogP contribution in [0.15, 0.2) is 17.6 Å². The smallest absolute Gasteiger partial charge is 0.367 e. The fourth-order valence-electron chi connectivity index (χ4n) is 3.57. The van der Waals surface area contributed by atoms with Crippen LogP contribution in [0.5, 0.6) is 5.75 Å². The number of aliphatic hydroxyl groups excluding tert-OH is 1. The molecule has 146 valence electrons. The fraction of sp³-hybridized carbons (Fsp3) is 0.526. The molecule has 1 atom stereocenters. The van der Waals surface area contributed by atoms with E-state index in [1.54, 1.807) is 25.2 Å². The molecule has 1 aromatic heterocycles. The Morgan fingerprint density at radius 1 is 1.30 bits per heavy atom. The quantitative estimate of drug-likeness (QED) is 0.514. The normalized spacial score (nSPS) is 16.9. The van der Waals surface area contributed by atoms with Gasteiger partial charge in [0, 0.05) is 16.9 Å². The molecule has 2 aliphatic rings. The number of fused-ring (bicyclic) bond motifs is 3. The Balaban J connectivity index is 1.66. The van der Waals surface area contributed by atoms with Gasteiger partial charge in [-0.3, -0.25) is 4.57 Å². The summed E-state index contributed by atoms with van der Waals surface area (Å²) >= 11 is 1.61. The molecule has 0 radical (unpaired) electrons. The van der Waals surface area contributed by atoms with Crippen molar-refractivity contribution in [3.05, 3.63) is 33.6 Å². The lowest BCUT2D eigenvalue weighted by Crippen LogP contribution is -2.08. The van der Waals surface area contributed by atoms with Gasteiger partial charge in [-0.25, -0.2) is 4.98 Å². The van der Waals surface area contributed by atoms with E-state index in [0.717, 1.165) is 41.6 Å². The SMILES string of the molecule is CCOP(=O)(COc1ccc(C(O)C2CC2)c2c1-c1ncsc1C2)OCC. The summed E-state index contributed by atoms with van der Waals surface area (Å²) in [6, 6.07) is 3.77. The van der Waals surface area contributed by atoms with Gasteiger partial charge >= 0.3 is 7.60 Å². The molecule has 2 aromatic rings. The number of rotatable bonds is 9. The third-order valence-corrected chi connectivity index (χ3v) is 7.52. The molecule has 27 heavy (non-hydrogen) atoms. The Bertz CT molecular complexity index is 869. The summed E-state index contributed by atoms with van der Waals surface area (Å²) in [5.41, 5.74) is 5.67. The van der Waals surface area contributed by atoms with E-state index in [-0.39, 0.29) is 6.35 Å². The van der Waals surface area contributed by atoms with Gasteiger partial charge in [0.1, 0.15) is 5.75 Å². The molecule has 1 heterocycles. The standard InChI is InChI=1S/C19H24NO5PS/c1-3-24-26(22,25-4-2)11-23-15-8-7-13(19(21)12-5-6-12)14-9-16-18(17(14)15)20-10-27-16/h7-8,10,12,19,21H,3-6,9,11H2,1-2H3. The van der Waals surface area contributed by atoms with Crippen LogP contribution in [0.25, 0.3) is 11.3 Å². The Labute approximate surface area is 163 Å². The van der Waals surface area contributed by atoms with E-state index in [1.807, 2.05) is 17.6 Å². The van der Waals surface area contributed by atoms with Gasteiger partial charge in [-0.2, -0.15) is 0 Å². The summed E-state index contributed by atoms with van der Waals surface area (Å²) in [5, 5.41) is 10.7. The largest absolute Gasteiger partial charge is 0.480 e. The van der Waals surface area contributed by atoms with E-state index in [4.69, 9.17) is 13.8 Å². The zero-order chi connectivity index (χ0) is 19.0. The first-order chi connectivity index (χ1) is 13.1. The summed E-state index contributed by atoms with van der Waals surface area (Å²) < 4.78 is 29.3. The van der Waals surface area contributed by atoms with Gasteiger partial charge < -0.3 is 18.9 Å². The summed E-state index contributed by atoms with van der Waals surface area (Å²) in [5.74, 6) is 0.963. The van der Waals surface area contributed by atoms with Crippen molar-refractivity contribution in [2.45, 2.75) is 39.2 Å². The van der Waals surface area contributed by atoms with Crippen LogP contribution >= 0.6 is 18.9 Å². The Hall–Kier alpha value is -1.24. The first-order valence-electron chi connectivity index (χ1n) is 9.33. The number of benzene rings is 1. The highest BCUT2D eigenvalue weighted by Gasteiger charge is 2.36. The van der Waals surface area contributed by atoms with Crippen LogP contribution in [0.3, 0.4) is 0 Å². The van der Waals surface area contributed by atoms with Gasteiger partial charge in [-0.05, 0) is 49.8 Å². The van der Waals surface area contributed by atoms with E-state index in [2.05, 4.69) is 4.98 Å². The molecule has 1 N–H and O–H groups in total. The van der Waals surface area contributed by atoms with Gasteiger partial charge in [0.15, 0.2) is 6.35 Å². The molecule has 1 aromatic carbocycles. The van der Waals surface area contributed by atoms with E-state index in [1.165, 1.54) is 4.88 Å². The molecule has 2 aliphatic carbocycles. The van der Waals surface area contributed by atoms with Crippen molar-refractivity contribution in [1.29, 1.82) is 0 Å².